The van der Waals surface area contributed by atoms with E-state index in [0.717, 1.165) is 43.1 Å². The highest BCUT2D eigenvalue weighted by atomic mass is 19.1. The summed E-state index contributed by atoms with van der Waals surface area (Å²) in [5.74, 6) is 1.98. The van der Waals surface area contributed by atoms with E-state index in [1.165, 1.54) is 0 Å². The molecular formula is C24H29FN8O. The number of rotatable bonds is 6. The van der Waals surface area contributed by atoms with Crippen LogP contribution in [0, 0.1) is 12.7 Å². The molecule has 1 saturated heterocycles. The Hall–Kier alpha value is -3.66. The number of hydrogen-bond donors (Lipinski definition) is 3. The van der Waals surface area contributed by atoms with Crippen LogP contribution < -0.4 is 15.0 Å². The molecule has 0 amide bonds. The second kappa shape index (κ2) is 8.94. The summed E-state index contributed by atoms with van der Waals surface area (Å²) in [7, 11) is 2.09. The van der Waals surface area contributed by atoms with Crippen molar-refractivity contribution in [3.63, 3.8) is 0 Å². The third-order valence-electron chi connectivity index (χ3n) is 6.00. The van der Waals surface area contributed by atoms with Crippen molar-refractivity contribution in [3.8, 4) is 11.6 Å². The molecule has 1 aliphatic rings. The molecule has 1 aromatic carbocycles. The van der Waals surface area contributed by atoms with Crippen molar-refractivity contribution in [1.29, 1.82) is 0 Å². The molecule has 1 fully saturated rings. The maximum absolute atomic E-state index is 15.2. The zero-order valence-corrected chi connectivity index (χ0v) is 19.8. The second-order valence-corrected chi connectivity index (χ2v) is 9.06. The van der Waals surface area contributed by atoms with Crippen LogP contribution in [0.1, 0.15) is 31.2 Å². The van der Waals surface area contributed by atoms with Gasteiger partial charge in [-0.3, -0.25) is 5.10 Å². The van der Waals surface area contributed by atoms with Crippen LogP contribution in [0.3, 0.4) is 0 Å². The van der Waals surface area contributed by atoms with Gasteiger partial charge >= 0.3 is 0 Å². The molecule has 4 aromatic rings. The minimum atomic E-state index is -0.426. The number of nitrogens with zero attached hydrogens (tertiary/aromatic N) is 5. The predicted octanol–water partition coefficient (Wildman–Crippen LogP) is 4.54. The summed E-state index contributed by atoms with van der Waals surface area (Å²) in [6, 6.07) is 8.80. The Bertz CT molecular complexity index is 1310. The van der Waals surface area contributed by atoms with E-state index in [4.69, 9.17) is 9.72 Å². The van der Waals surface area contributed by atoms with Crippen LogP contribution in [0.25, 0.3) is 10.9 Å². The molecular weight excluding hydrogens is 435 g/mol. The maximum atomic E-state index is 15.2. The SMILES string of the molecule is Cc1cc2c(F)c(Oc3cc(Nc4cc(C(C)C)[nH]n4)nc(N4CCN(C)CC4)n3)ccc2[nH]1. The zero-order valence-electron chi connectivity index (χ0n) is 19.8. The highest BCUT2D eigenvalue weighted by Crippen LogP contribution is 2.32. The number of hydrogen-bond acceptors (Lipinski definition) is 7. The molecule has 5 rings (SSSR count). The van der Waals surface area contributed by atoms with Crippen molar-refractivity contribution in [1.82, 2.24) is 30.0 Å². The molecule has 0 radical (unpaired) electrons. The Morgan fingerprint density at radius 3 is 2.59 bits per heavy atom. The fourth-order valence-electron chi connectivity index (χ4n) is 3.98. The van der Waals surface area contributed by atoms with Gasteiger partial charge in [-0.1, -0.05) is 13.8 Å². The summed E-state index contributed by atoms with van der Waals surface area (Å²) < 4.78 is 21.1. The van der Waals surface area contributed by atoms with Crippen LogP contribution in [0.5, 0.6) is 11.6 Å². The van der Waals surface area contributed by atoms with Crippen LogP contribution in [0.4, 0.5) is 22.0 Å². The van der Waals surface area contributed by atoms with Crippen LogP contribution >= 0.6 is 0 Å². The molecule has 0 atom stereocenters. The molecule has 0 spiro atoms. The molecule has 0 bridgehead atoms. The van der Waals surface area contributed by atoms with Crippen molar-refractivity contribution in [2.75, 3.05) is 43.4 Å². The number of anilines is 3. The van der Waals surface area contributed by atoms with E-state index in [9.17, 15) is 0 Å². The molecule has 0 unspecified atom stereocenters. The monoisotopic (exact) mass is 464 g/mol. The van der Waals surface area contributed by atoms with Gasteiger partial charge < -0.3 is 24.8 Å². The minimum absolute atomic E-state index is 0.113. The van der Waals surface area contributed by atoms with Crippen LogP contribution in [0.15, 0.2) is 30.3 Å². The van der Waals surface area contributed by atoms with Gasteiger partial charge in [-0.25, -0.2) is 4.39 Å². The average Bonchev–Trinajstić information content (AvgIpc) is 3.43. The Labute approximate surface area is 197 Å². The largest absolute Gasteiger partial charge is 0.436 e. The lowest BCUT2D eigenvalue weighted by atomic mass is 10.1. The van der Waals surface area contributed by atoms with Crippen molar-refractivity contribution in [3.05, 3.63) is 47.5 Å². The van der Waals surface area contributed by atoms with Crippen LogP contribution in [0.2, 0.25) is 0 Å². The molecule has 34 heavy (non-hydrogen) atoms. The average molecular weight is 465 g/mol. The lowest BCUT2D eigenvalue weighted by Crippen LogP contribution is -2.45. The Morgan fingerprint density at radius 1 is 1.06 bits per heavy atom. The summed E-state index contributed by atoms with van der Waals surface area (Å²) >= 11 is 0. The standard InChI is InChI=1S/C24H29FN8O/c1-14(2)18-12-21(31-30-18)27-20-13-22(29-24(28-20)33-9-7-32(4)8-10-33)34-19-6-5-17-16(23(19)25)11-15(3)26-17/h5-6,11-14,26H,7-10H2,1-4H3,(H2,27,28,29,30,31). The summed E-state index contributed by atoms with van der Waals surface area (Å²) in [4.78, 5) is 16.8. The zero-order chi connectivity index (χ0) is 23.8. The molecule has 3 aromatic heterocycles. The molecule has 10 heteroatoms. The van der Waals surface area contributed by atoms with Gasteiger partial charge in [0.15, 0.2) is 17.4 Å². The van der Waals surface area contributed by atoms with E-state index < -0.39 is 5.82 Å². The maximum Gasteiger partial charge on any atom is 0.230 e. The molecule has 1 aliphatic heterocycles. The number of nitrogens with one attached hydrogen (secondary N) is 3. The van der Waals surface area contributed by atoms with E-state index in [0.29, 0.717) is 28.9 Å². The van der Waals surface area contributed by atoms with Gasteiger partial charge in [-0.15, -0.1) is 0 Å². The number of ether oxygens (including phenoxy) is 1. The number of aryl methyl sites for hydroxylation is 1. The number of piperazine rings is 1. The van der Waals surface area contributed by atoms with Crippen LogP contribution in [-0.2, 0) is 0 Å². The number of aromatic amines is 2. The first-order valence-electron chi connectivity index (χ1n) is 11.5. The molecule has 3 N–H and O–H groups in total. The summed E-state index contributed by atoms with van der Waals surface area (Å²) in [6.07, 6.45) is 0. The minimum Gasteiger partial charge on any atom is -0.436 e. The van der Waals surface area contributed by atoms with E-state index in [2.05, 4.69) is 56.2 Å². The van der Waals surface area contributed by atoms with E-state index in [1.807, 2.05) is 13.0 Å². The quantitative estimate of drug-likeness (QED) is 0.385. The fraction of sp³-hybridized carbons (Fsp3) is 0.375. The lowest BCUT2D eigenvalue weighted by molar-refractivity contribution is 0.310. The first-order valence-corrected chi connectivity index (χ1v) is 11.5. The Balaban J connectivity index is 1.48. The predicted molar refractivity (Wildman–Crippen MR) is 131 cm³/mol. The molecule has 178 valence electrons. The fourth-order valence-corrected chi connectivity index (χ4v) is 3.98. The number of halogens is 1. The highest BCUT2D eigenvalue weighted by Gasteiger charge is 2.20. The third kappa shape index (κ3) is 4.54. The number of likely N-dealkylation sites (N-methyl/N-ethyl adjacent to an activating group) is 1. The molecule has 9 nitrogen and oxygen atoms in total. The normalized spacial score (nSPS) is 14.8. The van der Waals surface area contributed by atoms with E-state index in [1.54, 1.807) is 24.3 Å². The highest BCUT2D eigenvalue weighted by molar-refractivity contribution is 5.82. The van der Waals surface area contributed by atoms with Gasteiger partial charge in [0.05, 0.1) is 0 Å². The van der Waals surface area contributed by atoms with Gasteiger partial charge in [-0.05, 0) is 38.1 Å². The second-order valence-electron chi connectivity index (χ2n) is 9.06. The Kier molecular flexibility index (Phi) is 5.82. The van der Waals surface area contributed by atoms with Gasteiger partial charge in [0.25, 0.3) is 0 Å². The van der Waals surface area contributed by atoms with E-state index in [-0.39, 0.29) is 11.6 Å². The number of H-pyrrole nitrogens is 2. The number of aromatic nitrogens is 5. The molecule has 4 heterocycles. The summed E-state index contributed by atoms with van der Waals surface area (Å²) in [5.41, 5.74) is 2.63. The van der Waals surface area contributed by atoms with Crippen molar-refractivity contribution in [2.24, 2.45) is 0 Å². The first-order chi connectivity index (χ1) is 16.4. The third-order valence-corrected chi connectivity index (χ3v) is 6.00. The van der Waals surface area contributed by atoms with Crippen molar-refractivity contribution >= 4 is 28.5 Å². The smallest absolute Gasteiger partial charge is 0.230 e. The van der Waals surface area contributed by atoms with Crippen molar-refractivity contribution < 1.29 is 9.13 Å². The lowest BCUT2D eigenvalue weighted by Gasteiger charge is -2.32. The first kappa shape index (κ1) is 22.1. The van der Waals surface area contributed by atoms with Gasteiger partial charge in [0.2, 0.25) is 11.8 Å². The van der Waals surface area contributed by atoms with Crippen LogP contribution in [-0.4, -0.2) is 63.3 Å². The van der Waals surface area contributed by atoms with E-state index >= 15 is 4.39 Å². The molecule has 0 saturated carbocycles. The Morgan fingerprint density at radius 2 is 1.85 bits per heavy atom. The van der Waals surface area contributed by atoms with Gasteiger partial charge in [0.1, 0.15) is 5.82 Å². The summed E-state index contributed by atoms with van der Waals surface area (Å²) in [6.45, 7) is 9.49. The number of fused-ring (bicyclic) bond motifs is 1. The number of benzene rings is 1. The molecule has 0 aliphatic carbocycles. The topological polar surface area (TPSA) is 98.0 Å². The summed E-state index contributed by atoms with van der Waals surface area (Å²) in [5, 5.41) is 11.1. The van der Waals surface area contributed by atoms with Gasteiger partial charge in [-0.2, -0.15) is 15.1 Å². The van der Waals surface area contributed by atoms with Crippen molar-refractivity contribution in [2.45, 2.75) is 26.7 Å². The van der Waals surface area contributed by atoms with Gasteiger partial charge in [0, 0.05) is 60.6 Å².